The van der Waals surface area contributed by atoms with Gasteiger partial charge in [-0.25, -0.2) is 4.98 Å². The van der Waals surface area contributed by atoms with E-state index < -0.39 is 0 Å². The summed E-state index contributed by atoms with van der Waals surface area (Å²) in [5, 5.41) is 3.38. The first-order chi connectivity index (χ1) is 9.22. The fourth-order valence-electron chi connectivity index (χ4n) is 2.19. The Morgan fingerprint density at radius 3 is 3.05 bits per heavy atom. The zero-order valence-electron chi connectivity index (χ0n) is 10.7. The lowest BCUT2D eigenvalue weighted by atomic mass is 10.1. The molecule has 98 valence electrons. The molecule has 1 aliphatic rings. The maximum atomic E-state index is 4.38. The lowest BCUT2D eigenvalue weighted by Crippen LogP contribution is -2.00. The van der Waals surface area contributed by atoms with Crippen LogP contribution < -0.4 is 5.32 Å². The van der Waals surface area contributed by atoms with E-state index in [4.69, 9.17) is 0 Å². The van der Waals surface area contributed by atoms with Crippen LogP contribution in [-0.2, 0) is 6.42 Å². The third-order valence-corrected chi connectivity index (χ3v) is 5.26. The predicted molar refractivity (Wildman–Crippen MR) is 85.4 cm³/mol. The van der Waals surface area contributed by atoms with E-state index >= 15 is 0 Å². The van der Waals surface area contributed by atoms with E-state index in [0.717, 1.165) is 16.0 Å². The summed E-state index contributed by atoms with van der Waals surface area (Å²) >= 11 is 5.43. The van der Waals surface area contributed by atoms with Crippen LogP contribution in [0.15, 0.2) is 39.8 Å². The number of aromatic nitrogens is 1. The third-order valence-electron chi connectivity index (χ3n) is 3.23. The number of benzene rings is 1. The van der Waals surface area contributed by atoms with E-state index in [9.17, 15) is 0 Å². The molecule has 1 N–H and O–H groups in total. The number of fused-ring (bicyclic) bond motifs is 1. The Labute approximate surface area is 126 Å². The number of aryl methyl sites for hydroxylation is 2. The van der Waals surface area contributed by atoms with Crippen LogP contribution in [0.5, 0.6) is 0 Å². The van der Waals surface area contributed by atoms with Crippen LogP contribution in [0.1, 0.15) is 17.5 Å². The van der Waals surface area contributed by atoms with Crippen molar-refractivity contribution in [2.45, 2.75) is 24.7 Å². The molecule has 0 amide bonds. The van der Waals surface area contributed by atoms with Crippen molar-refractivity contribution in [1.82, 2.24) is 4.98 Å². The summed E-state index contributed by atoms with van der Waals surface area (Å²) in [4.78, 5) is 5.81. The highest BCUT2D eigenvalue weighted by molar-refractivity contribution is 9.10. The number of pyridine rings is 1. The van der Waals surface area contributed by atoms with Crippen LogP contribution in [0.2, 0.25) is 0 Å². The molecule has 1 aromatic heterocycles. The van der Waals surface area contributed by atoms with Crippen molar-refractivity contribution < 1.29 is 0 Å². The summed E-state index contributed by atoms with van der Waals surface area (Å²) in [6.07, 6.45) is 4.30. The monoisotopic (exact) mass is 334 g/mol. The van der Waals surface area contributed by atoms with Gasteiger partial charge in [-0.2, -0.15) is 0 Å². The van der Waals surface area contributed by atoms with Gasteiger partial charge in [0, 0.05) is 21.3 Å². The molecule has 0 saturated carbocycles. The first-order valence-electron chi connectivity index (χ1n) is 6.37. The Kier molecular flexibility index (Phi) is 3.80. The number of anilines is 2. The number of hydrogen-bond donors (Lipinski definition) is 1. The van der Waals surface area contributed by atoms with Crippen LogP contribution in [0.25, 0.3) is 0 Å². The average Bonchev–Trinajstić information content (AvgIpc) is 2.43. The van der Waals surface area contributed by atoms with Gasteiger partial charge in [-0.1, -0.05) is 0 Å². The molecule has 0 saturated heterocycles. The van der Waals surface area contributed by atoms with Gasteiger partial charge in [0.15, 0.2) is 0 Å². The van der Waals surface area contributed by atoms with Crippen molar-refractivity contribution in [3.8, 4) is 0 Å². The molecule has 0 aliphatic carbocycles. The van der Waals surface area contributed by atoms with Crippen molar-refractivity contribution in [3.63, 3.8) is 0 Å². The minimum atomic E-state index is 0.893. The van der Waals surface area contributed by atoms with Crippen molar-refractivity contribution >= 4 is 39.2 Å². The smallest absolute Gasteiger partial charge is 0.130 e. The largest absolute Gasteiger partial charge is 0.340 e. The molecule has 0 bridgehead atoms. The van der Waals surface area contributed by atoms with Crippen molar-refractivity contribution in [1.29, 1.82) is 0 Å². The number of thioether (sulfide) groups is 1. The fraction of sp³-hybridized carbons (Fsp3) is 0.267. The summed E-state index contributed by atoms with van der Waals surface area (Å²) in [6.45, 7) is 2.07. The summed E-state index contributed by atoms with van der Waals surface area (Å²) in [5.74, 6) is 2.14. The molecule has 2 aromatic rings. The van der Waals surface area contributed by atoms with Crippen molar-refractivity contribution in [2.24, 2.45) is 0 Å². The van der Waals surface area contributed by atoms with Crippen molar-refractivity contribution in [3.05, 3.63) is 46.1 Å². The quantitative estimate of drug-likeness (QED) is 0.842. The lowest BCUT2D eigenvalue weighted by Gasteiger charge is -2.16. The molecule has 2 nitrogen and oxygen atoms in total. The van der Waals surface area contributed by atoms with Crippen LogP contribution in [0, 0.1) is 6.92 Å². The standard InChI is InChI=1S/C15H15BrN2S/c1-10-7-15(17-9-13(10)16)18-12-4-5-14-11(8-12)3-2-6-19-14/h4-5,7-9H,2-3,6H2,1H3,(H,17,18). The maximum Gasteiger partial charge on any atom is 0.130 e. The molecule has 0 fully saturated rings. The number of hydrogen-bond acceptors (Lipinski definition) is 3. The Morgan fingerprint density at radius 2 is 2.21 bits per heavy atom. The Hall–Kier alpha value is -1.00. The molecule has 1 aromatic carbocycles. The van der Waals surface area contributed by atoms with Gasteiger partial charge in [-0.15, -0.1) is 11.8 Å². The molecule has 0 unspecified atom stereocenters. The molecule has 3 rings (SSSR count). The van der Waals surface area contributed by atoms with Crippen LogP contribution in [0.4, 0.5) is 11.5 Å². The second-order valence-corrected chi connectivity index (χ2v) is 6.71. The van der Waals surface area contributed by atoms with Gasteiger partial charge < -0.3 is 5.32 Å². The topological polar surface area (TPSA) is 24.9 Å². The van der Waals surface area contributed by atoms with Gasteiger partial charge in [-0.3, -0.25) is 0 Å². The lowest BCUT2D eigenvalue weighted by molar-refractivity contribution is 0.890. The highest BCUT2D eigenvalue weighted by atomic mass is 79.9. The van der Waals surface area contributed by atoms with Gasteiger partial charge in [0.25, 0.3) is 0 Å². The Morgan fingerprint density at radius 1 is 1.32 bits per heavy atom. The molecule has 0 spiro atoms. The first-order valence-corrected chi connectivity index (χ1v) is 8.15. The summed E-state index contributed by atoms with van der Waals surface area (Å²) in [5.41, 5.74) is 3.76. The van der Waals surface area contributed by atoms with E-state index in [2.05, 4.69) is 57.4 Å². The Bertz CT molecular complexity index is 613. The molecule has 2 heterocycles. The maximum absolute atomic E-state index is 4.38. The summed E-state index contributed by atoms with van der Waals surface area (Å²) in [7, 11) is 0. The second kappa shape index (κ2) is 5.55. The number of nitrogens with one attached hydrogen (secondary N) is 1. The summed E-state index contributed by atoms with van der Waals surface area (Å²) in [6, 6.07) is 8.66. The van der Waals surface area contributed by atoms with Gasteiger partial charge >= 0.3 is 0 Å². The minimum absolute atomic E-state index is 0.893. The van der Waals surface area contributed by atoms with Gasteiger partial charge in [-0.05, 0) is 76.8 Å². The molecule has 0 radical (unpaired) electrons. The fourth-order valence-corrected chi connectivity index (χ4v) is 3.43. The molecule has 0 atom stereocenters. The normalized spacial score (nSPS) is 14.0. The third kappa shape index (κ3) is 2.95. The van der Waals surface area contributed by atoms with Crippen LogP contribution in [-0.4, -0.2) is 10.7 Å². The van der Waals surface area contributed by atoms with Crippen LogP contribution >= 0.6 is 27.7 Å². The number of nitrogens with zero attached hydrogens (tertiary/aromatic N) is 1. The SMILES string of the molecule is Cc1cc(Nc2ccc3c(c2)CCCS3)ncc1Br. The highest BCUT2D eigenvalue weighted by Gasteiger charge is 2.10. The van der Waals surface area contributed by atoms with E-state index in [1.807, 2.05) is 18.0 Å². The first kappa shape index (κ1) is 13.0. The second-order valence-electron chi connectivity index (χ2n) is 4.72. The highest BCUT2D eigenvalue weighted by Crippen LogP contribution is 2.32. The molecule has 19 heavy (non-hydrogen) atoms. The zero-order valence-corrected chi connectivity index (χ0v) is 13.1. The zero-order chi connectivity index (χ0) is 13.2. The summed E-state index contributed by atoms with van der Waals surface area (Å²) < 4.78 is 1.04. The van der Waals surface area contributed by atoms with E-state index in [0.29, 0.717) is 0 Å². The number of rotatable bonds is 2. The van der Waals surface area contributed by atoms with Crippen LogP contribution in [0.3, 0.4) is 0 Å². The molecule has 1 aliphatic heterocycles. The molecule has 4 heteroatoms. The average molecular weight is 335 g/mol. The minimum Gasteiger partial charge on any atom is -0.340 e. The van der Waals surface area contributed by atoms with E-state index in [1.165, 1.54) is 34.6 Å². The predicted octanol–water partition coefficient (Wildman–Crippen LogP) is 4.93. The van der Waals surface area contributed by atoms with Gasteiger partial charge in [0.05, 0.1) is 0 Å². The Balaban J connectivity index is 1.84. The van der Waals surface area contributed by atoms with E-state index in [1.54, 1.807) is 0 Å². The molecular weight excluding hydrogens is 320 g/mol. The molecular formula is C15H15BrN2S. The number of halogens is 1. The van der Waals surface area contributed by atoms with Crippen molar-refractivity contribution in [2.75, 3.05) is 11.1 Å². The van der Waals surface area contributed by atoms with E-state index in [-0.39, 0.29) is 0 Å². The van der Waals surface area contributed by atoms with Gasteiger partial charge in [0.1, 0.15) is 5.82 Å². The van der Waals surface area contributed by atoms with Gasteiger partial charge in [0.2, 0.25) is 0 Å².